The lowest BCUT2D eigenvalue weighted by molar-refractivity contribution is -0.131. The van der Waals surface area contributed by atoms with Gasteiger partial charge in [0, 0.05) is 25.6 Å². The molecule has 1 heterocycles. The van der Waals surface area contributed by atoms with Gasteiger partial charge in [0.2, 0.25) is 5.91 Å². The minimum Gasteiger partial charge on any atom is -0.341 e. The molecule has 0 aliphatic carbocycles. The Morgan fingerprint density at radius 3 is 2.68 bits per heavy atom. The van der Waals surface area contributed by atoms with E-state index >= 15 is 0 Å². The molecular weight excluding hydrogens is 236 g/mol. The van der Waals surface area contributed by atoms with Gasteiger partial charge in [0.25, 0.3) is 0 Å². The molecule has 0 aromatic rings. The molecule has 1 fully saturated rings. The van der Waals surface area contributed by atoms with E-state index in [1.165, 1.54) is 25.7 Å². The van der Waals surface area contributed by atoms with Crippen molar-refractivity contribution < 1.29 is 4.79 Å². The molecule has 19 heavy (non-hydrogen) atoms. The minimum atomic E-state index is 0.371. The van der Waals surface area contributed by atoms with Crippen LogP contribution in [0.1, 0.15) is 65.7 Å². The standard InChI is InChI=1S/C16H32N2O/c1-4-7-15(17-11-5-2)13-18-12-10-14(6-3)8-9-16(18)19/h14-15,17H,4-13H2,1-3H3. The van der Waals surface area contributed by atoms with Crippen LogP contribution in [0.25, 0.3) is 0 Å². The third-order valence-electron chi connectivity index (χ3n) is 4.26. The maximum absolute atomic E-state index is 12.2. The van der Waals surface area contributed by atoms with Crippen LogP contribution in [0.4, 0.5) is 0 Å². The predicted molar refractivity (Wildman–Crippen MR) is 81.2 cm³/mol. The molecule has 1 aliphatic rings. The van der Waals surface area contributed by atoms with Gasteiger partial charge in [0.15, 0.2) is 0 Å². The number of carbonyl (C=O) groups is 1. The fraction of sp³-hybridized carbons (Fsp3) is 0.938. The van der Waals surface area contributed by atoms with E-state index in [0.717, 1.165) is 44.8 Å². The summed E-state index contributed by atoms with van der Waals surface area (Å²) in [4.78, 5) is 14.3. The molecule has 0 bridgehead atoms. The third kappa shape index (κ3) is 5.94. The van der Waals surface area contributed by atoms with E-state index in [9.17, 15) is 4.79 Å². The number of rotatable bonds is 8. The summed E-state index contributed by atoms with van der Waals surface area (Å²) in [6.07, 6.45) is 7.76. The summed E-state index contributed by atoms with van der Waals surface area (Å²) in [5, 5.41) is 3.59. The van der Waals surface area contributed by atoms with Crippen LogP contribution in [0.15, 0.2) is 0 Å². The SMILES string of the molecule is CCCNC(CCC)CN1CCC(CC)CCC1=O. The van der Waals surface area contributed by atoms with Crippen molar-refractivity contribution in [3.05, 3.63) is 0 Å². The first-order chi connectivity index (χ1) is 9.21. The minimum absolute atomic E-state index is 0.371. The van der Waals surface area contributed by atoms with Gasteiger partial charge in [0.1, 0.15) is 0 Å². The van der Waals surface area contributed by atoms with Gasteiger partial charge in [-0.2, -0.15) is 0 Å². The Balaban J connectivity index is 2.48. The summed E-state index contributed by atoms with van der Waals surface area (Å²) >= 11 is 0. The van der Waals surface area contributed by atoms with Crippen molar-refractivity contribution in [2.45, 2.75) is 71.8 Å². The topological polar surface area (TPSA) is 32.3 Å². The van der Waals surface area contributed by atoms with Crippen LogP contribution >= 0.6 is 0 Å². The first-order valence-electron chi connectivity index (χ1n) is 8.22. The molecule has 1 N–H and O–H groups in total. The molecular formula is C16H32N2O. The highest BCUT2D eigenvalue weighted by atomic mass is 16.2. The highest BCUT2D eigenvalue weighted by molar-refractivity contribution is 5.76. The van der Waals surface area contributed by atoms with Gasteiger partial charge in [0.05, 0.1) is 0 Å². The molecule has 1 aliphatic heterocycles. The molecule has 3 nitrogen and oxygen atoms in total. The number of nitrogens with one attached hydrogen (secondary N) is 1. The summed E-state index contributed by atoms with van der Waals surface area (Å²) in [5.74, 6) is 1.12. The normalized spacial score (nSPS) is 22.4. The molecule has 1 amide bonds. The van der Waals surface area contributed by atoms with Crippen LogP contribution in [-0.2, 0) is 4.79 Å². The lowest BCUT2D eigenvalue weighted by Crippen LogP contribution is -2.43. The first kappa shape index (κ1) is 16.5. The van der Waals surface area contributed by atoms with Crippen LogP contribution in [0.2, 0.25) is 0 Å². The second kappa shape index (κ2) is 9.35. The van der Waals surface area contributed by atoms with Gasteiger partial charge >= 0.3 is 0 Å². The summed E-state index contributed by atoms with van der Waals surface area (Å²) in [5.41, 5.74) is 0. The van der Waals surface area contributed by atoms with E-state index < -0.39 is 0 Å². The lowest BCUT2D eigenvalue weighted by Gasteiger charge is -2.27. The number of amides is 1. The number of carbonyl (C=O) groups excluding carboxylic acids is 1. The first-order valence-corrected chi connectivity index (χ1v) is 8.22. The largest absolute Gasteiger partial charge is 0.341 e. The van der Waals surface area contributed by atoms with E-state index in [0.29, 0.717) is 11.9 Å². The molecule has 0 aromatic heterocycles. The summed E-state index contributed by atoms with van der Waals surface area (Å²) < 4.78 is 0. The Hall–Kier alpha value is -0.570. The van der Waals surface area contributed by atoms with Crippen molar-refractivity contribution in [1.82, 2.24) is 10.2 Å². The Labute approximate surface area is 119 Å². The number of nitrogens with zero attached hydrogens (tertiary/aromatic N) is 1. The molecule has 0 radical (unpaired) electrons. The van der Waals surface area contributed by atoms with Crippen molar-refractivity contribution in [1.29, 1.82) is 0 Å². The molecule has 0 saturated carbocycles. The fourth-order valence-corrected chi connectivity index (χ4v) is 2.92. The van der Waals surface area contributed by atoms with Crippen LogP contribution in [0, 0.1) is 5.92 Å². The van der Waals surface area contributed by atoms with Gasteiger partial charge in [-0.15, -0.1) is 0 Å². The van der Waals surface area contributed by atoms with E-state index in [1.807, 2.05) is 0 Å². The van der Waals surface area contributed by atoms with Crippen LogP contribution < -0.4 is 5.32 Å². The van der Waals surface area contributed by atoms with Gasteiger partial charge in [-0.1, -0.05) is 33.6 Å². The van der Waals surface area contributed by atoms with Gasteiger partial charge < -0.3 is 10.2 Å². The molecule has 1 saturated heterocycles. The van der Waals surface area contributed by atoms with Crippen LogP contribution in [0.3, 0.4) is 0 Å². The smallest absolute Gasteiger partial charge is 0.222 e. The van der Waals surface area contributed by atoms with Gasteiger partial charge in [-0.3, -0.25) is 4.79 Å². The van der Waals surface area contributed by atoms with Gasteiger partial charge in [-0.05, 0) is 38.1 Å². The van der Waals surface area contributed by atoms with Crippen molar-refractivity contribution in [2.24, 2.45) is 5.92 Å². The average molecular weight is 268 g/mol. The zero-order valence-electron chi connectivity index (χ0n) is 13.1. The lowest BCUT2D eigenvalue weighted by atomic mass is 9.98. The maximum Gasteiger partial charge on any atom is 0.222 e. The van der Waals surface area contributed by atoms with Gasteiger partial charge in [-0.25, -0.2) is 0 Å². The summed E-state index contributed by atoms with van der Waals surface area (Å²) in [6, 6.07) is 0.479. The third-order valence-corrected chi connectivity index (χ3v) is 4.26. The maximum atomic E-state index is 12.2. The van der Waals surface area contributed by atoms with Crippen LogP contribution in [-0.4, -0.2) is 36.5 Å². The molecule has 1 rings (SSSR count). The van der Waals surface area contributed by atoms with Crippen molar-refractivity contribution in [2.75, 3.05) is 19.6 Å². The monoisotopic (exact) mass is 268 g/mol. The van der Waals surface area contributed by atoms with E-state index in [-0.39, 0.29) is 0 Å². The Bertz CT molecular complexity index is 255. The Morgan fingerprint density at radius 2 is 2.05 bits per heavy atom. The fourth-order valence-electron chi connectivity index (χ4n) is 2.92. The molecule has 0 spiro atoms. The van der Waals surface area contributed by atoms with E-state index in [2.05, 4.69) is 31.0 Å². The molecule has 2 unspecified atom stereocenters. The van der Waals surface area contributed by atoms with Crippen molar-refractivity contribution in [3.63, 3.8) is 0 Å². The van der Waals surface area contributed by atoms with Crippen molar-refractivity contribution >= 4 is 5.91 Å². The van der Waals surface area contributed by atoms with E-state index in [4.69, 9.17) is 0 Å². The number of hydrogen-bond donors (Lipinski definition) is 1. The molecule has 2 atom stereocenters. The average Bonchev–Trinajstić information content (AvgIpc) is 2.59. The number of hydrogen-bond acceptors (Lipinski definition) is 2. The van der Waals surface area contributed by atoms with Crippen LogP contribution in [0.5, 0.6) is 0 Å². The Kier molecular flexibility index (Phi) is 8.11. The highest BCUT2D eigenvalue weighted by Gasteiger charge is 2.23. The predicted octanol–water partition coefficient (Wildman–Crippen LogP) is 3.19. The zero-order valence-corrected chi connectivity index (χ0v) is 13.1. The summed E-state index contributed by atoms with van der Waals surface area (Å²) in [7, 11) is 0. The molecule has 0 aromatic carbocycles. The quantitative estimate of drug-likeness (QED) is 0.733. The highest BCUT2D eigenvalue weighted by Crippen LogP contribution is 2.21. The number of likely N-dealkylation sites (tertiary alicyclic amines) is 1. The zero-order chi connectivity index (χ0) is 14.1. The second-order valence-corrected chi connectivity index (χ2v) is 5.88. The molecule has 112 valence electrons. The van der Waals surface area contributed by atoms with Crippen molar-refractivity contribution in [3.8, 4) is 0 Å². The van der Waals surface area contributed by atoms with E-state index in [1.54, 1.807) is 0 Å². The molecule has 3 heteroatoms. The Morgan fingerprint density at radius 1 is 1.26 bits per heavy atom. The summed E-state index contributed by atoms with van der Waals surface area (Å²) in [6.45, 7) is 9.59. The second-order valence-electron chi connectivity index (χ2n) is 5.88.